The highest BCUT2D eigenvalue weighted by atomic mass is 16.1. The Morgan fingerprint density at radius 1 is 1.17 bits per heavy atom. The molecule has 0 N–H and O–H groups in total. The summed E-state index contributed by atoms with van der Waals surface area (Å²) in [6, 6.07) is 3.92. The molecule has 0 aliphatic rings. The zero-order valence-electron chi connectivity index (χ0n) is 11.7. The lowest BCUT2D eigenvalue weighted by Crippen LogP contribution is -2.27. The van der Waals surface area contributed by atoms with E-state index >= 15 is 0 Å². The zero-order valence-corrected chi connectivity index (χ0v) is 11.7. The van der Waals surface area contributed by atoms with Crippen LogP contribution < -0.4 is 5.56 Å². The lowest BCUT2D eigenvalue weighted by molar-refractivity contribution is 0.337. The zero-order chi connectivity index (χ0) is 13.5. The molecule has 0 aliphatic heterocycles. The maximum atomic E-state index is 12.4. The summed E-state index contributed by atoms with van der Waals surface area (Å²) in [7, 11) is 0. The van der Waals surface area contributed by atoms with Crippen LogP contribution in [0.2, 0.25) is 0 Å². The van der Waals surface area contributed by atoms with Gasteiger partial charge < -0.3 is 0 Å². The molecule has 0 spiro atoms. The molecule has 96 valence electrons. The fourth-order valence-corrected chi connectivity index (χ4v) is 2.04. The van der Waals surface area contributed by atoms with Crippen molar-refractivity contribution in [2.45, 2.75) is 41.2 Å². The van der Waals surface area contributed by atoms with Crippen LogP contribution in [-0.4, -0.2) is 9.55 Å². The molecule has 0 saturated carbocycles. The Bertz CT molecular complexity index is 648. The predicted molar refractivity (Wildman–Crippen MR) is 74.9 cm³/mol. The molecule has 1 aromatic heterocycles. The average Bonchev–Trinajstić information content (AvgIpc) is 2.24. The van der Waals surface area contributed by atoms with Gasteiger partial charge in [0.05, 0.1) is 17.2 Å². The first-order chi connectivity index (χ1) is 8.28. The van der Waals surface area contributed by atoms with Crippen molar-refractivity contribution < 1.29 is 0 Å². The SMILES string of the molecule is Cc1cc2ncn(CC(C)(C)C)c(=O)c2cc1C. The number of fused-ring (bicyclic) bond motifs is 1. The van der Waals surface area contributed by atoms with Crippen molar-refractivity contribution in [1.82, 2.24) is 9.55 Å². The smallest absolute Gasteiger partial charge is 0.261 e. The molecule has 0 saturated heterocycles. The van der Waals surface area contributed by atoms with Gasteiger partial charge in [-0.2, -0.15) is 0 Å². The van der Waals surface area contributed by atoms with E-state index in [1.54, 1.807) is 10.9 Å². The Balaban J connectivity index is 2.64. The molecular formula is C15H20N2O. The van der Waals surface area contributed by atoms with E-state index in [1.807, 2.05) is 26.0 Å². The second-order valence-corrected chi connectivity index (χ2v) is 6.19. The van der Waals surface area contributed by atoms with Crippen molar-refractivity contribution in [3.05, 3.63) is 39.9 Å². The number of aromatic nitrogens is 2. The normalized spacial score (nSPS) is 12.1. The second kappa shape index (κ2) is 4.23. The molecule has 3 nitrogen and oxygen atoms in total. The number of nitrogens with zero attached hydrogens (tertiary/aromatic N) is 2. The van der Waals surface area contributed by atoms with E-state index in [1.165, 1.54) is 5.56 Å². The fourth-order valence-electron chi connectivity index (χ4n) is 2.04. The lowest BCUT2D eigenvalue weighted by atomic mass is 9.97. The van der Waals surface area contributed by atoms with Crippen LogP contribution in [0, 0.1) is 19.3 Å². The van der Waals surface area contributed by atoms with Crippen LogP contribution in [0.5, 0.6) is 0 Å². The first-order valence-corrected chi connectivity index (χ1v) is 6.24. The van der Waals surface area contributed by atoms with E-state index in [-0.39, 0.29) is 11.0 Å². The van der Waals surface area contributed by atoms with Crippen LogP contribution in [0.25, 0.3) is 10.9 Å². The molecule has 0 fully saturated rings. The minimum atomic E-state index is 0.0537. The minimum Gasteiger partial charge on any atom is -0.298 e. The minimum absolute atomic E-state index is 0.0537. The van der Waals surface area contributed by atoms with E-state index in [4.69, 9.17) is 0 Å². The monoisotopic (exact) mass is 244 g/mol. The molecular weight excluding hydrogens is 224 g/mol. The van der Waals surface area contributed by atoms with Crippen molar-refractivity contribution in [2.24, 2.45) is 5.41 Å². The van der Waals surface area contributed by atoms with Crippen LogP contribution in [0.3, 0.4) is 0 Å². The van der Waals surface area contributed by atoms with Gasteiger partial charge in [-0.1, -0.05) is 20.8 Å². The van der Waals surface area contributed by atoms with E-state index in [9.17, 15) is 4.79 Å². The van der Waals surface area contributed by atoms with Crippen LogP contribution in [0.1, 0.15) is 31.9 Å². The summed E-state index contributed by atoms with van der Waals surface area (Å²) >= 11 is 0. The molecule has 0 amide bonds. The van der Waals surface area contributed by atoms with E-state index in [2.05, 4.69) is 25.8 Å². The Morgan fingerprint density at radius 3 is 2.39 bits per heavy atom. The highest BCUT2D eigenvalue weighted by Gasteiger charge is 2.13. The van der Waals surface area contributed by atoms with Gasteiger partial charge in [-0.3, -0.25) is 9.36 Å². The van der Waals surface area contributed by atoms with Gasteiger partial charge in [0, 0.05) is 6.54 Å². The number of benzene rings is 1. The summed E-state index contributed by atoms with van der Waals surface area (Å²) in [6.45, 7) is 11.1. The molecule has 2 rings (SSSR count). The van der Waals surface area contributed by atoms with Gasteiger partial charge in [0.15, 0.2) is 0 Å². The molecule has 1 heterocycles. The summed E-state index contributed by atoms with van der Waals surface area (Å²) in [4.78, 5) is 16.8. The van der Waals surface area contributed by atoms with Gasteiger partial charge in [0.25, 0.3) is 5.56 Å². The molecule has 1 aromatic carbocycles. The highest BCUT2D eigenvalue weighted by molar-refractivity contribution is 5.79. The summed E-state index contributed by atoms with van der Waals surface area (Å²) in [5.41, 5.74) is 3.21. The van der Waals surface area contributed by atoms with Gasteiger partial charge in [-0.05, 0) is 42.5 Å². The molecule has 0 unspecified atom stereocenters. The van der Waals surface area contributed by atoms with Gasteiger partial charge >= 0.3 is 0 Å². The third-order valence-electron chi connectivity index (χ3n) is 3.08. The molecule has 0 aliphatic carbocycles. The standard InChI is InChI=1S/C15H20N2O/c1-10-6-12-13(7-11(10)2)16-9-17(14(12)18)8-15(3,4)5/h6-7,9H,8H2,1-5H3. The van der Waals surface area contributed by atoms with Crippen molar-refractivity contribution in [3.8, 4) is 0 Å². The van der Waals surface area contributed by atoms with Crippen LogP contribution in [0.15, 0.2) is 23.3 Å². The Kier molecular flexibility index (Phi) is 3.01. The topological polar surface area (TPSA) is 34.9 Å². The van der Waals surface area contributed by atoms with Gasteiger partial charge in [-0.15, -0.1) is 0 Å². The number of hydrogen-bond acceptors (Lipinski definition) is 2. The Labute approximate surface area is 107 Å². The fraction of sp³-hybridized carbons (Fsp3) is 0.467. The van der Waals surface area contributed by atoms with Crippen molar-refractivity contribution in [2.75, 3.05) is 0 Å². The Morgan fingerprint density at radius 2 is 1.78 bits per heavy atom. The molecule has 0 atom stereocenters. The maximum Gasteiger partial charge on any atom is 0.261 e. The molecule has 2 aromatic rings. The second-order valence-electron chi connectivity index (χ2n) is 6.19. The van der Waals surface area contributed by atoms with Crippen LogP contribution in [0.4, 0.5) is 0 Å². The predicted octanol–water partition coefficient (Wildman–Crippen LogP) is 3.06. The van der Waals surface area contributed by atoms with Crippen LogP contribution in [-0.2, 0) is 6.54 Å². The molecule has 3 heteroatoms. The van der Waals surface area contributed by atoms with E-state index < -0.39 is 0 Å². The third kappa shape index (κ3) is 2.45. The number of hydrogen-bond donors (Lipinski definition) is 0. The van der Waals surface area contributed by atoms with Crippen molar-refractivity contribution in [1.29, 1.82) is 0 Å². The highest BCUT2D eigenvalue weighted by Crippen LogP contribution is 2.17. The van der Waals surface area contributed by atoms with E-state index in [0.717, 1.165) is 11.1 Å². The maximum absolute atomic E-state index is 12.4. The lowest BCUT2D eigenvalue weighted by Gasteiger charge is -2.19. The summed E-state index contributed by atoms with van der Waals surface area (Å²) in [5.74, 6) is 0. The largest absolute Gasteiger partial charge is 0.298 e. The molecule has 18 heavy (non-hydrogen) atoms. The van der Waals surface area contributed by atoms with E-state index in [0.29, 0.717) is 11.9 Å². The van der Waals surface area contributed by atoms with Crippen molar-refractivity contribution in [3.63, 3.8) is 0 Å². The van der Waals surface area contributed by atoms with Crippen molar-refractivity contribution >= 4 is 10.9 Å². The van der Waals surface area contributed by atoms with Crippen LogP contribution >= 0.6 is 0 Å². The van der Waals surface area contributed by atoms with Gasteiger partial charge in [0.1, 0.15) is 0 Å². The number of rotatable bonds is 1. The molecule has 0 radical (unpaired) electrons. The summed E-state index contributed by atoms with van der Waals surface area (Å²) < 4.78 is 1.71. The first kappa shape index (κ1) is 12.8. The number of aryl methyl sites for hydroxylation is 2. The first-order valence-electron chi connectivity index (χ1n) is 6.24. The quantitative estimate of drug-likeness (QED) is 0.772. The average molecular weight is 244 g/mol. The summed E-state index contributed by atoms with van der Waals surface area (Å²) in [5, 5.41) is 0.713. The molecule has 0 bridgehead atoms. The third-order valence-corrected chi connectivity index (χ3v) is 3.08. The summed E-state index contributed by atoms with van der Waals surface area (Å²) in [6.07, 6.45) is 1.66. The van der Waals surface area contributed by atoms with Gasteiger partial charge in [-0.25, -0.2) is 4.98 Å². The van der Waals surface area contributed by atoms with Gasteiger partial charge in [0.2, 0.25) is 0 Å². The Hall–Kier alpha value is -1.64.